The summed E-state index contributed by atoms with van der Waals surface area (Å²) in [7, 11) is 0. The van der Waals surface area contributed by atoms with Crippen LogP contribution in [0.25, 0.3) is 5.95 Å². The summed E-state index contributed by atoms with van der Waals surface area (Å²) >= 11 is 5.97. The Balaban J connectivity index is 1.65. The van der Waals surface area contributed by atoms with Crippen LogP contribution >= 0.6 is 11.6 Å². The van der Waals surface area contributed by atoms with E-state index in [-0.39, 0.29) is 23.4 Å². The fraction of sp³-hybridized carbons (Fsp3) is 0.273. The predicted molar refractivity (Wildman–Crippen MR) is 109 cm³/mol. The molecule has 31 heavy (non-hydrogen) atoms. The van der Waals surface area contributed by atoms with Crippen molar-refractivity contribution < 1.29 is 18.0 Å². The maximum atomic E-state index is 13.6. The van der Waals surface area contributed by atoms with E-state index in [1.165, 1.54) is 18.5 Å². The quantitative estimate of drug-likeness (QED) is 0.366. The van der Waals surface area contributed by atoms with E-state index in [4.69, 9.17) is 11.6 Å². The number of ketones is 1. The van der Waals surface area contributed by atoms with E-state index in [0.29, 0.717) is 5.02 Å². The average Bonchev–Trinajstić information content (AvgIpc) is 3.17. The van der Waals surface area contributed by atoms with E-state index in [0.717, 1.165) is 35.7 Å². The monoisotopic (exact) mass is 446 g/mol. The lowest BCUT2D eigenvalue weighted by Crippen LogP contribution is -2.35. The number of Topliss-reactive ketones (excluding diaryl/α,β-unsaturated/α-hetero) is 1. The smallest absolute Gasteiger partial charge is 0.289 e. The highest BCUT2D eigenvalue weighted by Crippen LogP contribution is 2.48. The van der Waals surface area contributed by atoms with Gasteiger partial charge in [0.15, 0.2) is 11.5 Å². The lowest BCUT2D eigenvalue weighted by molar-refractivity contribution is -0.141. The Morgan fingerprint density at radius 1 is 1.16 bits per heavy atom. The van der Waals surface area contributed by atoms with Crippen molar-refractivity contribution in [1.29, 1.82) is 0 Å². The zero-order valence-electron chi connectivity index (χ0n) is 16.4. The second-order valence-corrected chi connectivity index (χ2v) is 8.07. The Morgan fingerprint density at radius 3 is 2.35 bits per heavy atom. The molecule has 1 aliphatic rings. The molecule has 0 spiro atoms. The molecule has 160 valence electrons. The third-order valence-corrected chi connectivity index (χ3v) is 5.88. The minimum atomic E-state index is -4.81. The lowest BCUT2D eigenvalue weighted by atomic mass is 9.61. The maximum Gasteiger partial charge on any atom is 0.435 e. The van der Waals surface area contributed by atoms with Crippen molar-refractivity contribution >= 4 is 17.4 Å². The van der Waals surface area contributed by atoms with Crippen molar-refractivity contribution in [2.24, 2.45) is 0 Å². The number of halogens is 4. The van der Waals surface area contributed by atoms with Crippen LogP contribution in [0.3, 0.4) is 0 Å². The predicted octanol–water partition coefficient (Wildman–Crippen LogP) is 5.59. The molecule has 0 atom stereocenters. The number of aromatic nitrogens is 4. The molecule has 0 aliphatic heterocycles. The summed E-state index contributed by atoms with van der Waals surface area (Å²) in [6.07, 6.45) is 1.85. The molecule has 1 saturated carbocycles. The van der Waals surface area contributed by atoms with Gasteiger partial charge in [-0.2, -0.15) is 18.3 Å². The summed E-state index contributed by atoms with van der Waals surface area (Å²) in [4.78, 5) is 20.8. The average molecular weight is 447 g/mol. The second-order valence-electron chi connectivity index (χ2n) is 7.63. The van der Waals surface area contributed by atoms with Gasteiger partial charge in [-0.3, -0.25) is 4.79 Å². The Morgan fingerprint density at radius 2 is 1.81 bits per heavy atom. The van der Waals surface area contributed by atoms with Gasteiger partial charge in [0.25, 0.3) is 0 Å². The summed E-state index contributed by atoms with van der Waals surface area (Å²) in [6, 6.07) is 8.86. The highest BCUT2D eigenvalue weighted by atomic mass is 35.5. The third kappa shape index (κ3) is 4.12. The van der Waals surface area contributed by atoms with E-state index in [1.54, 1.807) is 12.1 Å². The SMILES string of the molecule is C=C(CC1(c2ccc(Cl)cc2)CCC1)C(=O)c1cn(-c2ncccn2)nc1C(F)(F)F. The normalized spacial score (nSPS) is 15.4. The van der Waals surface area contributed by atoms with E-state index in [2.05, 4.69) is 21.6 Å². The highest BCUT2D eigenvalue weighted by molar-refractivity contribution is 6.30. The first-order chi connectivity index (χ1) is 14.7. The largest absolute Gasteiger partial charge is 0.435 e. The summed E-state index contributed by atoms with van der Waals surface area (Å²) in [5, 5.41) is 4.14. The fourth-order valence-electron chi connectivity index (χ4n) is 3.92. The van der Waals surface area contributed by atoms with Gasteiger partial charge in [0.05, 0.1) is 5.56 Å². The van der Waals surface area contributed by atoms with Crippen molar-refractivity contribution in [3.8, 4) is 5.95 Å². The van der Waals surface area contributed by atoms with Crippen LogP contribution in [-0.2, 0) is 11.6 Å². The van der Waals surface area contributed by atoms with Gasteiger partial charge in [0, 0.05) is 23.6 Å². The molecule has 0 radical (unpaired) electrons. The molecule has 9 heteroatoms. The van der Waals surface area contributed by atoms with Crippen LogP contribution in [0.15, 0.2) is 61.1 Å². The second kappa shape index (κ2) is 7.92. The topological polar surface area (TPSA) is 60.7 Å². The molecule has 0 bridgehead atoms. The van der Waals surface area contributed by atoms with Crippen LogP contribution < -0.4 is 0 Å². The third-order valence-electron chi connectivity index (χ3n) is 5.62. The molecule has 1 aromatic carbocycles. The lowest BCUT2D eigenvalue weighted by Gasteiger charge is -2.43. The van der Waals surface area contributed by atoms with Crippen molar-refractivity contribution in [2.75, 3.05) is 0 Å². The van der Waals surface area contributed by atoms with Crippen molar-refractivity contribution in [3.05, 3.63) is 82.9 Å². The van der Waals surface area contributed by atoms with Crippen LogP contribution in [0.1, 0.15) is 47.3 Å². The summed E-state index contributed by atoms with van der Waals surface area (Å²) in [5.41, 5.74) is -1.06. The zero-order chi connectivity index (χ0) is 22.2. The molecule has 0 unspecified atom stereocenters. The minimum Gasteiger partial charge on any atom is -0.289 e. The number of benzene rings is 1. The number of nitrogens with zero attached hydrogens (tertiary/aromatic N) is 4. The van der Waals surface area contributed by atoms with Crippen LogP contribution in [0.5, 0.6) is 0 Å². The molecule has 0 N–H and O–H groups in total. The Kier molecular flexibility index (Phi) is 5.43. The molecule has 1 fully saturated rings. The number of hydrogen-bond acceptors (Lipinski definition) is 4. The molecular weight excluding hydrogens is 429 g/mol. The minimum absolute atomic E-state index is 0.0608. The molecule has 4 rings (SSSR count). The number of hydrogen-bond donors (Lipinski definition) is 0. The van der Waals surface area contributed by atoms with Crippen LogP contribution in [-0.4, -0.2) is 25.5 Å². The van der Waals surface area contributed by atoms with Gasteiger partial charge >= 0.3 is 6.18 Å². The van der Waals surface area contributed by atoms with Gasteiger partial charge in [-0.05, 0) is 54.0 Å². The number of carbonyl (C=O) groups is 1. The van der Waals surface area contributed by atoms with Crippen LogP contribution in [0.4, 0.5) is 13.2 Å². The molecular formula is C22H18ClF3N4O. The number of rotatable bonds is 6. The molecule has 3 aromatic rings. The van der Waals surface area contributed by atoms with Crippen molar-refractivity contribution in [2.45, 2.75) is 37.3 Å². The fourth-order valence-corrected chi connectivity index (χ4v) is 4.04. The Bertz CT molecular complexity index is 1120. The molecule has 2 aromatic heterocycles. The van der Waals surface area contributed by atoms with Crippen molar-refractivity contribution in [3.63, 3.8) is 0 Å². The number of alkyl halides is 3. The van der Waals surface area contributed by atoms with Crippen LogP contribution in [0.2, 0.25) is 5.02 Å². The first-order valence-electron chi connectivity index (χ1n) is 9.62. The summed E-state index contributed by atoms with van der Waals surface area (Å²) in [6.45, 7) is 3.83. The molecule has 5 nitrogen and oxygen atoms in total. The molecule has 0 saturated heterocycles. The Hall–Kier alpha value is -3.00. The van der Waals surface area contributed by atoms with E-state index >= 15 is 0 Å². The van der Waals surface area contributed by atoms with Gasteiger partial charge in [-0.1, -0.05) is 36.7 Å². The van der Waals surface area contributed by atoms with E-state index < -0.39 is 23.2 Å². The number of carbonyl (C=O) groups excluding carboxylic acids is 1. The van der Waals surface area contributed by atoms with Crippen molar-refractivity contribution in [1.82, 2.24) is 19.7 Å². The standard InChI is InChI=1S/C22H18ClF3N4O/c1-14(12-21(8-2-9-21)15-4-6-16(23)7-5-15)18(31)17-13-30(20-27-10-3-11-28-20)29-19(17)22(24,25)26/h3-7,10-11,13H,1-2,8-9,12H2. The Labute approximate surface area is 181 Å². The zero-order valence-corrected chi connectivity index (χ0v) is 17.1. The first kappa shape index (κ1) is 21.2. The van der Waals surface area contributed by atoms with Gasteiger partial charge in [-0.25, -0.2) is 14.6 Å². The van der Waals surface area contributed by atoms with E-state index in [9.17, 15) is 18.0 Å². The number of allylic oxidation sites excluding steroid dienone is 1. The van der Waals surface area contributed by atoms with Crippen LogP contribution in [0, 0.1) is 0 Å². The van der Waals surface area contributed by atoms with Gasteiger partial charge in [-0.15, -0.1) is 0 Å². The first-order valence-corrected chi connectivity index (χ1v) is 10.0. The van der Waals surface area contributed by atoms with Gasteiger partial charge in [0.1, 0.15) is 0 Å². The molecule has 0 amide bonds. The van der Waals surface area contributed by atoms with Gasteiger partial charge in [0.2, 0.25) is 5.95 Å². The summed E-state index contributed by atoms with van der Waals surface area (Å²) < 4.78 is 41.7. The maximum absolute atomic E-state index is 13.6. The summed E-state index contributed by atoms with van der Waals surface area (Å²) in [5.74, 6) is -0.843. The molecule has 2 heterocycles. The highest BCUT2D eigenvalue weighted by Gasteiger charge is 2.43. The van der Waals surface area contributed by atoms with Gasteiger partial charge < -0.3 is 0 Å². The van der Waals surface area contributed by atoms with E-state index in [1.807, 2.05) is 12.1 Å². The molecule has 1 aliphatic carbocycles.